The molecule has 6 aromatic rings. The maximum atomic E-state index is 13.1. The van der Waals surface area contributed by atoms with Gasteiger partial charge < -0.3 is 28.4 Å². The van der Waals surface area contributed by atoms with Crippen molar-refractivity contribution in [3.8, 4) is 22.9 Å². The smallest absolute Gasteiger partial charge is 0.413 e. The average molecular weight is 1050 g/mol. The van der Waals surface area contributed by atoms with E-state index in [-0.39, 0.29) is 43.8 Å². The third-order valence-electron chi connectivity index (χ3n) is 8.37. The van der Waals surface area contributed by atoms with Gasteiger partial charge in [-0.05, 0) is 45.7 Å². The van der Waals surface area contributed by atoms with Crippen LogP contribution in [0.5, 0.6) is 0 Å². The van der Waals surface area contributed by atoms with Crippen LogP contribution in [0.2, 0.25) is 0 Å². The average Bonchev–Trinajstić information content (AvgIpc) is 3.81. The van der Waals surface area contributed by atoms with Gasteiger partial charge in [-0.2, -0.15) is 102 Å². The summed E-state index contributed by atoms with van der Waals surface area (Å²) < 4.78 is 196. The van der Waals surface area contributed by atoms with Crippen LogP contribution in [0.15, 0.2) is 48.7 Å². The molecule has 0 bridgehead atoms. The molecule has 8 nitrogen and oxygen atoms in total. The fraction of sp³-hybridized carbons (Fsp3) is 0.306. The molecule has 24 heteroatoms. The van der Waals surface area contributed by atoms with Gasteiger partial charge in [0.05, 0.1) is 19.8 Å². The van der Waals surface area contributed by atoms with E-state index in [1.165, 1.54) is 21.4 Å². The van der Waals surface area contributed by atoms with Gasteiger partial charge in [-0.3, -0.25) is 10.1 Å². The van der Waals surface area contributed by atoms with Crippen molar-refractivity contribution in [2.24, 2.45) is 14.1 Å². The first-order valence-corrected chi connectivity index (χ1v) is 16.1. The molecule has 4 heterocycles. The van der Waals surface area contributed by atoms with E-state index in [0.717, 1.165) is 9.13 Å². The van der Waals surface area contributed by atoms with Crippen LogP contribution >= 0.6 is 0 Å². The summed E-state index contributed by atoms with van der Waals surface area (Å²) in [6.07, 6.45) is -17.5. The molecule has 6 rings (SSSR count). The molecule has 0 fully saturated rings. The number of rotatable bonds is 3. The predicted molar refractivity (Wildman–Crippen MR) is 172 cm³/mol. The first-order valence-electron chi connectivity index (χ1n) is 16.1. The van der Waals surface area contributed by atoms with Crippen molar-refractivity contribution < 1.29 is 95.1 Å². The number of benzene rings is 2. The Morgan fingerprint density at radius 1 is 0.600 bits per heavy atom. The van der Waals surface area contributed by atoms with Crippen LogP contribution in [0.3, 0.4) is 0 Å². The second-order valence-corrected chi connectivity index (χ2v) is 12.3. The zero-order chi connectivity index (χ0) is 44.6. The summed E-state index contributed by atoms with van der Waals surface area (Å²) in [4.78, 5) is 7.05. The van der Waals surface area contributed by atoms with Crippen molar-refractivity contribution in [1.82, 2.24) is 29.3 Å². The zero-order valence-electron chi connectivity index (χ0n) is 31.2. The van der Waals surface area contributed by atoms with Crippen molar-refractivity contribution >= 4 is 0 Å². The fourth-order valence-corrected chi connectivity index (χ4v) is 4.92. The number of aromatic nitrogens is 8. The summed E-state index contributed by atoms with van der Waals surface area (Å²) in [6.45, 7) is 6.44. The molecule has 4 aromatic heterocycles. The number of alkyl halides is 15. The van der Waals surface area contributed by atoms with Crippen LogP contribution in [-0.2, 0) is 65.1 Å². The summed E-state index contributed by atoms with van der Waals surface area (Å²) in [5, 5.41) is 6.25. The summed E-state index contributed by atoms with van der Waals surface area (Å²) in [6, 6.07) is 10.2. The van der Waals surface area contributed by atoms with E-state index in [4.69, 9.17) is 0 Å². The van der Waals surface area contributed by atoms with Gasteiger partial charge in [0.1, 0.15) is 5.82 Å². The number of halogens is 15. The van der Waals surface area contributed by atoms with Crippen LogP contribution in [0.1, 0.15) is 50.9 Å². The molecule has 0 amide bonds. The van der Waals surface area contributed by atoms with Gasteiger partial charge in [0.25, 0.3) is 0 Å². The van der Waals surface area contributed by atoms with E-state index in [1.807, 2.05) is 0 Å². The van der Waals surface area contributed by atoms with E-state index in [9.17, 15) is 65.9 Å². The van der Waals surface area contributed by atoms with Gasteiger partial charge in [-0.1, -0.05) is 39.7 Å². The van der Waals surface area contributed by atoms with Gasteiger partial charge in [0, 0.05) is 49.1 Å². The van der Waals surface area contributed by atoms with Gasteiger partial charge in [0.2, 0.25) is 12.7 Å². The fourth-order valence-electron chi connectivity index (χ4n) is 4.92. The number of aryl methyl sites for hydroxylation is 2. The van der Waals surface area contributed by atoms with Crippen molar-refractivity contribution in [1.29, 1.82) is 0 Å². The van der Waals surface area contributed by atoms with Crippen molar-refractivity contribution in [3.05, 3.63) is 124 Å². The van der Waals surface area contributed by atoms with Crippen LogP contribution in [0.25, 0.3) is 22.9 Å². The van der Waals surface area contributed by atoms with E-state index in [2.05, 4.69) is 45.0 Å². The van der Waals surface area contributed by atoms with Gasteiger partial charge in [0.15, 0.2) is 0 Å². The molecule has 0 saturated carbocycles. The minimum absolute atomic E-state index is 0. The quantitative estimate of drug-likeness (QED) is 0.101. The molecule has 327 valence electrons. The Kier molecular flexibility index (Phi) is 14.5. The van der Waals surface area contributed by atoms with E-state index in [0.29, 0.717) is 34.9 Å². The number of nitrogens with zero attached hydrogens (tertiary/aromatic N) is 8. The Hall–Kier alpha value is -5.25. The maximum absolute atomic E-state index is 13.1. The second-order valence-electron chi connectivity index (χ2n) is 12.3. The summed E-state index contributed by atoms with van der Waals surface area (Å²) >= 11 is 0. The van der Waals surface area contributed by atoms with Crippen molar-refractivity contribution in [3.63, 3.8) is 0 Å². The molecule has 0 unspecified atom stereocenters. The molecule has 0 aliphatic rings. The normalized spacial score (nSPS) is 12.3. The van der Waals surface area contributed by atoms with Gasteiger partial charge >= 0.3 is 30.9 Å². The number of hydrogen-bond acceptors (Lipinski definition) is 3. The largest absolute Gasteiger partial charge is 0.429 e. The molecule has 60 heavy (non-hydrogen) atoms. The van der Waals surface area contributed by atoms with Crippen molar-refractivity contribution in [2.45, 2.75) is 58.6 Å². The standard InChI is InChI=1S/2C14H11F6N2.C8H4F3N4.Ir/c2*1-8-9(2)22(7-21(8)3)12-5-4-10(13(15,16)17)6-11(12)14(18,19)20;9-8(10,11)7-13-6(14-15-7)5-3-1-2-4-12-5;/h2*4,6H,1-3H3;1-4H;/q3*-1;. The van der Waals surface area contributed by atoms with Crippen LogP contribution in [0.4, 0.5) is 65.9 Å². The van der Waals surface area contributed by atoms with Gasteiger partial charge in [-0.15, -0.1) is 0 Å². The maximum Gasteiger partial charge on any atom is 0.429 e. The molecule has 1 radical (unpaired) electrons. The van der Waals surface area contributed by atoms with E-state index >= 15 is 0 Å². The Morgan fingerprint density at radius 3 is 1.30 bits per heavy atom. The monoisotopic (exact) mass is 1050 g/mol. The molecular weight excluding hydrogens is 1020 g/mol. The van der Waals surface area contributed by atoms with Crippen molar-refractivity contribution in [2.75, 3.05) is 0 Å². The molecule has 0 spiro atoms. The molecular formula is C36H26F15IrN8-3. The molecule has 0 aliphatic heterocycles. The SMILES string of the molecule is Cc1c(C)[n+](C)[c-]n1-c1[c-]cc(C(F)(F)F)cc1C(F)(F)F.Cc1c(C)[n+](C)[c-]n1-c1[c-]cc(C(F)(F)F)cc1C(F)(F)F.FC(F)(F)c1n[n-]c(-c2ccccn2)n1.[Ir]. The van der Waals surface area contributed by atoms with Gasteiger partial charge in [-0.25, -0.2) is 0 Å². The molecule has 0 aliphatic carbocycles. The summed E-state index contributed by atoms with van der Waals surface area (Å²) in [5.74, 6) is -1.37. The second kappa shape index (κ2) is 17.8. The number of pyridine rings is 1. The molecule has 0 saturated heterocycles. The molecule has 0 N–H and O–H groups in total. The minimum Gasteiger partial charge on any atom is -0.413 e. The zero-order valence-corrected chi connectivity index (χ0v) is 33.6. The number of hydrogen-bond donors (Lipinski definition) is 0. The minimum atomic E-state index is -4.94. The molecule has 0 atom stereocenters. The first-order chi connectivity index (χ1) is 26.9. The Labute approximate surface area is 343 Å². The Bertz CT molecular complexity index is 2280. The Balaban J connectivity index is 0.000000243. The number of imidazole rings is 2. The van der Waals surface area contributed by atoms with Crippen LogP contribution in [-0.4, -0.2) is 24.2 Å². The third kappa shape index (κ3) is 11.3. The van der Waals surface area contributed by atoms with E-state index in [1.54, 1.807) is 53.9 Å². The first kappa shape index (κ1) is 49.1. The Morgan fingerprint density at radius 2 is 1.02 bits per heavy atom. The van der Waals surface area contributed by atoms with Crippen LogP contribution < -0.4 is 14.2 Å². The predicted octanol–water partition coefficient (Wildman–Crippen LogP) is 8.63. The third-order valence-corrected chi connectivity index (χ3v) is 8.37. The summed E-state index contributed by atoms with van der Waals surface area (Å²) in [7, 11) is 3.16. The topological polar surface area (TPSA) is 70.4 Å². The molecule has 2 aromatic carbocycles. The van der Waals surface area contributed by atoms with Crippen LogP contribution in [0, 0.1) is 52.5 Å². The van der Waals surface area contributed by atoms with E-state index < -0.39 is 70.3 Å². The summed E-state index contributed by atoms with van der Waals surface area (Å²) in [5.41, 5.74) is -4.21.